The predicted molar refractivity (Wildman–Crippen MR) is 111 cm³/mol. The molecule has 0 spiro atoms. The number of amides is 1. The van der Waals surface area contributed by atoms with Gasteiger partial charge in [-0.3, -0.25) is 14.2 Å². The standard InChI is InChI=1S/C19H16N6O2S2/c1-10(2)14(17-22-15(24-27-17)11-3-5-20-6-4-11)21-16(26)13-9-12-18(29-13)23-19-25(12)7-8-28-19/h3-10,14H,1-2H3,(H,21,26). The summed E-state index contributed by atoms with van der Waals surface area (Å²) in [4.78, 5) is 28.3. The van der Waals surface area contributed by atoms with Gasteiger partial charge in [0.05, 0.1) is 10.4 Å². The average Bonchev–Trinajstić information content (AvgIpc) is 3.47. The topological polar surface area (TPSA) is 98.2 Å². The molecule has 0 saturated carbocycles. The summed E-state index contributed by atoms with van der Waals surface area (Å²) in [6.07, 6.45) is 5.30. The normalized spacial score (nSPS) is 12.8. The molecule has 0 fully saturated rings. The van der Waals surface area contributed by atoms with Crippen LogP contribution in [0, 0.1) is 5.92 Å². The van der Waals surface area contributed by atoms with Crippen LogP contribution in [0.5, 0.6) is 0 Å². The first-order valence-corrected chi connectivity index (χ1v) is 10.7. The van der Waals surface area contributed by atoms with Crippen molar-refractivity contribution in [2.75, 3.05) is 0 Å². The fourth-order valence-electron chi connectivity index (χ4n) is 3.07. The molecule has 0 radical (unpaired) electrons. The molecule has 10 heteroatoms. The summed E-state index contributed by atoms with van der Waals surface area (Å²) in [5, 5.41) is 9.06. The quantitative estimate of drug-likeness (QED) is 0.454. The smallest absolute Gasteiger partial charge is 0.262 e. The number of carbonyl (C=O) groups excluding carboxylic acids is 1. The number of hydrogen-bond acceptors (Lipinski definition) is 8. The molecular formula is C19H16N6O2S2. The Morgan fingerprint density at radius 3 is 2.86 bits per heavy atom. The van der Waals surface area contributed by atoms with Gasteiger partial charge in [0.2, 0.25) is 11.7 Å². The summed E-state index contributed by atoms with van der Waals surface area (Å²) in [5.74, 6) is 0.736. The van der Waals surface area contributed by atoms with Crippen LogP contribution in [0.4, 0.5) is 0 Å². The Bertz CT molecular complexity index is 1300. The first kappa shape index (κ1) is 18.0. The Morgan fingerprint density at radius 1 is 1.24 bits per heavy atom. The number of fused-ring (bicyclic) bond motifs is 3. The molecule has 1 atom stereocenters. The van der Waals surface area contributed by atoms with Crippen molar-refractivity contribution < 1.29 is 9.32 Å². The van der Waals surface area contributed by atoms with Crippen LogP contribution in [0.25, 0.3) is 26.7 Å². The summed E-state index contributed by atoms with van der Waals surface area (Å²) < 4.78 is 7.45. The van der Waals surface area contributed by atoms with Gasteiger partial charge in [0, 0.05) is 29.5 Å². The van der Waals surface area contributed by atoms with Crippen molar-refractivity contribution in [3.8, 4) is 11.4 Å². The van der Waals surface area contributed by atoms with Crippen molar-refractivity contribution in [1.29, 1.82) is 0 Å². The largest absolute Gasteiger partial charge is 0.339 e. The molecule has 0 aliphatic heterocycles. The molecule has 5 heterocycles. The lowest BCUT2D eigenvalue weighted by Gasteiger charge is -2.17. The van der Waals surface area contributed by atoms with E-state index in [0.29, 0.717) is 16.6 Å². The van der Waals surface area contributed by atoms with Gasteiger partial charge in [-0.05, 0) is 24.1 Å². The Kier molecular flexibility index (Phi) is 4.36. The second kappa shape index (κ2) is 7.05. The SMILES string of the molecule is CC(C)C(NC(=O)c1cc2c(nc3sccn32)s1)c1nc(-c2ccncc2)no1. The summed E-state index contributed by atoms with van der Waals surface area (Å²) in [7, 11) is 0. The van der Waals surface area contributed by atoms with Crippen molar-refractivity contribution in [2.24, 2.45) is 5.92 Å². The maximum atomic E-state index is 12.9. The van der Waals surface area contributed by atoms with E-state index in [-0.39, 0.29) is 11.8 Å². The summed E-state index contributed by atoms with van der Waals surface area (Å²) >= 11 is 2.95. The zero-order chi connectivity index (χ0) is 20.0. The van der Waals surface area contributed by atoms with Gasteiger partial charge < -0.3 is 9.84 Å². The van der Waals surface area contributed by atoms with Gasteiger partial charge in [-0.1, -0.05) is 19.0 Å². The third-order valence-electron chi connectivity index (χ3n) is 4.56. The van der Waals surface area contributed by atoms with Crippen LogP contribution in [0.15, 0.2) is 46.7 Å². The van der Waals surface area contributed by atoms with E-state index in [2.05, 4.69) is 25.4 Å². The molecule has 146 valence electrons. The van der Waals surface area contributed by atoms with E-state index >= 15 is 0 Å². The van der Waals surface area contributed by atoms with Gasteiger partial charge in [-0.15, -0.1) is 22.7 Å². The van der Waals surface area contributed by atoms with Crippen LogP contribution < -0.4 is 5.32 Å². The third-order valence-corrected chi connectivity index (χ3v) is 6.34. The van der Waals surface area contributed by atoms with Crippen LogP contribution in [-0.2, 0) is 0 Å². The molecule has 0 aliphatic carbocycles. The maximum Gasteiger partial charge on any atom is 0.262 e. The number of pyridine rings is 1. The van der Waals surface area contributed by atoms with Gasteiger partial charge in [0.15, 0.2) is 4.96 Å². The molecule has 5 rings (SSSR count). The highest BCUT2D eigenvalue weighted by Gasteiger charge is 2.26. The first-order chi connectivity index (χ1) is 14.1. The fraction of sp³-hybridized carbons (Fsp3) is 0.211. The third kappa shape index (κ3) is 3.19. The minimum Gasteiger partial charge on any atom is -0.339 e. The van der Waals surface area contributed by atoms with E-state index in [4.69, 9.17) is 4.52 Å². The van der Waals surface area contributed by atoms with Crippen molar-refractivity contribution in [2.45, 2.75) is 19.9 Å². The van der Waals surface area contributed by atoms with Crippen molar-refractivity contribution in [1.82, 2.24) is 29.8 Å². The highest BCUT2D eigenvalue weighted by molar-refractivity contribution is 7.21. The highest BCUT2D eigenvalue weighted by Crippen LogP contribution is 2.29. The molecule has 0 aromatic carbocycles. The average molecular weight is 425 g/mol. The number of nitrogens with zero attached hydrogens (tertiary/aromatic N) is 5. The van der Waals surface area contributed by atoms with E-state index in [9.17, 15) is 4.79 Å². The zero-order valence-electron chi connectivity index (χ0n) is 15.6. The minimum absolute atomic E-state index is 0.0686. The van der Waals surface area contributed by atoms with Gasteiger partial charge in [0.25, 0.3) is 5.91 Å². The zero-order valence-corrected chi connectivity index (χ0v) is 17.2. The first-order valence-electron chi connectivity index (χ1n) is 9.00. The summed E-state index contributed by atoms with van der Waals surface area (Å²) in [5.41, 5.74) is 1.75. The Hall–Kier alpha value is -3.11. The Labute approximate surface area is 173 Å². The number of thiazole rings is 1. The van der Waals surface area contributed by atoms with Crippen LogP contribution in [0.3, 0.4) is 0 Å². The van der Waals surface area contributed by atoms with E-state index in [1.165, 1.54) is 11.3 Å². The van der Waals surface area contributed by atoms with Crippen LogP contribution in [-0.4, -0.2) is 30.4 Å². The summed E-state index contributed by atoms with van der Waals surface area (Å²) in [6.45, 7) is 4.00. The van der Waals surface area contributed by atoms with Gasteiger partial charge in [-0.2, -0.15) is 4.98 Å². The number of nitrogens with one attached hydrogen (secondary N) is 1. The molecule has 1 unspecified atom stereocenters. The second-order valence-electron chi connectivity index (χ2n) is 6.86. The van der Waals surface area contributed by atoms with Crippen molar-refractivity contribution in [3.63, 3.8) is 0 Å². The lowest BCUT2D eigenvalue weighted by molar-refractivity contribution is 0.0918. The Balaban J connectivity index is 1.41. The summed E-state index contributed by atoms with van der Waals surface area (Å²) in [6, 6.07) is 5.09. The highest BCUT2D eigenvalue weighted by atomic mass is 32.1. The molecule has 1 amide bonds. The van der Waals surface area contributed by atoms with E-state index in [1.54, 1.807) is 23.7 Å². The lowest BCUT2D eigenvalue weighted by Crippen LogP contribution is -2.31. The molecule has 0 aliphatic rings. The fourth-order valence-corrected chi connectivity index (χ4v) is 4.77. The predicted octanol–water partition coefficient (Wildman–Crippen LogP) is 4.18. The van der Waals surface area contributed by atoms with E-state index in [1.807, 2.05) is 48.0 Å². The molecular weight excluding hydrogens is 408 g/mol. The van der Waals surface area contributed by atoms with E-state index < -0.39 is 6.04 Å². The Morgan fingerprint density at radius 2 is 2.07 bits per heavy atom. The van der Waals surface area contributed by atoms with Crippen LogP contribution in [0.2, 0.25) is 0 Å². The van der Waals surface area contributed by atoms with Crippen LogP contribution in [0.1, 0.15) is 35.5 Å². The molecule has 0 saturated heterocycles. The monoisotopic (exact) mass is 424 g/mol. The minimum atomic E-state index is -0.399. The molecule has 1 N–H and O–H groups in total. The number of hydrogen-bond donors (Lipinski definition) is 1. The number of carbonyl (C=O) groups is 1. The van der Waals surface area contributed by atoms with Gasteiger partial charge >= 0.3 is 0 Å². The molecule has 0 bridgehead atoms. The maximum absolute atomic E-state index is 12.9. The van der Waals surface area contributed by atoms with Crippen molar-refractivity contribution >= 4 is 43.9 Å². The number of thiophene rings is 1. The lowest BCUT2D eigenvalue weighted by atomic mass is 10.0. The van der Waals surface area contributed by atoms with E-state index in [0.717, 1.165) is 20.9 Å². The molecule has 29 heavy (non-hydrogen) atoms. The van der Waals surface area contributed by atoms with Gasteiger partial charge in [-0.25, -0.2) is 4.98 Å². The number of rotatable bonds is 5. The number of aromatic nitrogens is 5. The second-order valence-corrected chi connectivity index (χ2v) is 8.76. The molecule has 5 aromatic heterocycles. The van der Waals surface area contributed by atoms with Gasteiger partial charge in [0.1, 0.15) is 10.9 Å². The van der Waals surface area contributed by atoms with Crippen LogP contribution >= 0.6 is 22.7 Å². The number of imidazole rings is 1. The van der Waals surface area contributed by atoms with Crippen molar-refractivity contribution in [3.05, 3.63) is 52.9 Å². The molecule has 5 aromatic rings. The molecule has 8 nitrogen and oxygen atoms in total.